The van der Waals surface area contributed by atoms with E-state index in [0.29, 0.717) is 23.8 Å². The Morgan fingerprint density at radius 3 is 2.22 bits per heavy atom. The number of nitrogens with one attached hydrogen (secondary N) is 2. The second kappa shape index (κ2) is 10.9. The number of nitrogens with zero attached hydrogens (tertiary/aromatic N) is 2. The summed E-state index contributed by atoms with van der Waals surface area (Å²) >= 11 is 0. The highest BCUT2D eigenvalue weighted by Crippen LogP contribution is 2.38. The average Bonchev–Trinajstić information content (AvgIpc) is 3.24. The monoisotopic (exact) mass is 378 g/mol. The molecule has 1 saturated carbocycles. The van der Waals surface area contributed by atoms with Gasteiger partial charge in [0.25, 0.3) is 0 Å². The minimum atomic E-state index is 0.598. The number of likely N-dealkylation sites (N-methyl/N-ethyl adjacent to an activating group) is 1. The molecule has 0 heterocycles. The summed E-state index contributed by atoms with van der Waals surface area (Å²) in [7, 11) is 8.84. The van der Waals surface area contributed by atoms with Crippen LogP contribution in [0.25, 0.3) is 0 Å². The third kappa shape index (κ3) is 5.92. The number of hydrogen-bond acceptors (Lipinski definition) is 5. The highest BCUT2D eigenvalue weighted by Gasteiger charge is 2.19. The van der Waals surface area contributed by atoms with Gasteiger partial charge in [-0.25, -0.2) is 0 Å². The molecule has 0 aliphatic heterocycles. The Kier molecular flexibility index (Phi) is 8.51. The van der Waals surface area contributed by atoms with Crippen LogP contribution >= 0.6 is 0 Å². The molecule has 27 heavy (non-hydrogen) atoms. The average molecular weight is 379 g/mol. The number of benzene rings is 1. The van der Waals surface area contributed by atoms with E-state index in [1.807, 2.05) is 12.1 Å². The molecule has 2 N–H and O–H groups in total. The first-order chi connectivity index (χ1) is 13.1. The minimum Gasteiger partial charge on any atom is -0.493 e. The van der Waals surface area contributed by atoms with Crippen molar-refractivity contribution in [1.82, 2.24) is 15.5 Å². The topological polar surface area (TPSA) is 67.4 Å². The maximum Gasteiger partial charge on any atom is 0.203 e. The van der Waals surface area contributed by atoms with Crippen LogP contribution < -0.4 is 24.8 Å². The standard InChI is InChI=1S/C20H34N4O3/c1-21-20(22-10-11-24(2)16-8-6-7-9-16)23-14-15-12-17(25-3)19(27-5)18(13-15)26-4/h12-13,16H,6-11,14H2,1-5H3,(H2,21,22,23). The first-order valence-electron chi connectivity index (χ1n) is 9.56. The molecule has 1 aliphatic carbocycles. The zero-order chi connectivity index (χ0) is 19.6. The van der Waals surface area contributed by atoms with Crippen molar-refractivity contribution in [2.45, 2.75) is 38.3 Å². The molecule has 0 aromatic heterocycles. The van der Waals surface area contributed by atoms with Crippen molar-refractivity contribution in [2.75, 3.05) is 48.5 Å². The lowest BCUT2D eigenvalue weighted by molar-refractivity contribution is 0.249. The first kappa shape index (κ1) is 21.2. The van der Waals surface area contributed by atoms with Gasteiger partial charge in [0.05, 0.1) is 21.3 Å². The third-order valence-electron chi connectivity index (χ3n) is 5.11. The summed E-state index contributed by atoms with van der Waals surface area (Å²) in [4.78, 5) is 6.76. The minimum absolute atomic E-state index is 0.598. The van der Waals surface area contributed by atoms with Gasteiger partial charge in [0.1, 0.15) is 0 Å². The van der Waals surface area contributed by atoms with Crippen LogP contribution in [0.4, 0.5) is 0 Å². The van der Waals surface area contributed by atoms with Gasteiger partial charge in [-0.3, -0.25) is 4.99 Å². The van der Waals surface area contributed by atoms with Crippen LogP contribution in [0.3, 0.4) is 0 Å². The molecule has 1 fully saturated rings. The van der Waals surface area contributed by atoms with Crippen LogP contribution in [-0.2, 0) is 6.54 Å². The lowest BCUT2D eigenvalue weighted by atomic mass is 10.2. The molecule has 7 heteroatoms. The maximum atomic E-state index is 5.41. The Labute approximate surface area is 163 Å². The van der Waals surface area contributed by atoms with Gasteiger partial charge < -0.3 is 29.7 Å². The summed E-state index contributed by atoms with van der Waals surface area (Å²) in [6, 6.07) is 4.62. The summed E-state index contributed by atoms with van der Waals surface area (Å²) in [6.45, 7) is 2.48. The fraction of sp³-hybridized carbons (Fsp3) is 0.650. The Morgan fingerprint density at radius 1 is 1.07 bits per heavy atom. The van der Waals surface area contributed by atoms with E-state index < -0.39 is 0 Å². The third-order valence-corrected chi connectivity index (χ3v) is 5.11. The zero-order valence-corrected chi connectivity index (χ0v) is 17.3. The van der Waals surface area contributed by atoms with E-state index in [9.17, 15) is 0 Å². The Bertz CT molecular complexity index is 590. The summed E-state index contributed by atoms with van der Waals surface area (Å²) in [5, 5.41) is 6.72. The van der Waals surface area contributed by atoms with Crippen LogP contribution in [0.15, 0.2) is 17.1 Å². The van der Waals surface area contributed by atoms with Gasteiger partial charge in [-0.15, -0.1) is 0 Å². The zero-order valence-electron chi connectivity index (χ0n) is 17.3. The van der Waals surface area contributed by atoms with Crippen LogP contribution in [0.5, 0.6) is 17.2 Å². The van der Waals surface area contributed by atoms with Gasteiger partial charge >= 0.3 is 0 Å². The van der Waals surface area contributed by atoms with Crippen molar-refractivity contribution in [3.05, 3.63) is 17.7 Å². The normalized spacial score (nSPS) is 15.1. The highest BCUT2D eigenvalue weighted by molar-refractivity contribution is 5.79. The molecule has 2 rings (SSSR count). The predicted molar refractivity (Wildman–Crippen MR) is 109 cm³/mol. The van der Waals surface area contributed by atoms with Gasteiger partial charge in [-0.05, 0) is 37.6 Å². The number of ether oxygens (including phenoxy) is 3. The van der Waals surface area contributed by atoms with Crippen molar-refractivity contribution in [3.8, 4) is 17.2 Å². The van der Waals surface area contributed by atoms with E-state index >= 15 is 0 Å². The first-order valence-corrected chi connectivity index (χ1v) is 9.56. The van der Waals surface area contributed by atoms with E-state index in [0.717, 1.165) is 30.7 Å². The predicted octanol–water partition coefficient (Wildman–Crippen LogP) is 2.25. The number of guanidine groups is 1. The van der Waals surface area contributed by atoms with Crippen molar-refractivity contribution >= 4 is 5.96 Å². The fourth-order valence-electron chi connectivity index (χ4n) is 3.52. The number of aliphatic imine (C=N–C) groups is 1. The second-order valence-corrected chi connectivity index (χ2v) is 6.81. The maximum absolute atomic E-state index is 5.41. The summed E-state index contributed by atoms with van der Waals surface area (Å²) in [5.74, 6) is 2.68. The SMILES string of the molecule is CN=C(NCCN(C)C1CCCC1)NCc1cc(OC)c(OC)c(OC)c1. The molecule has 0 amide bonds. The van der Waals surface area contributed by atoms with Gasteiger partial charge in [-0.1, -0.05) is 12.8 Å². The lowest BCUT2D eigenvalue weighted by Gasteiger charge is -2.24. The van der Waals surface area contributed by atoms with E-state index in [1.165, 1.54) is 25.7 Å². The number of hydrogen-bond donors (Lipinski definition) is 2. The highest BCUT2D eigenvalue weighted by atomic mass is 16.5. The molecule has 7 nitrogen and oxygen atoms in total. The summed E-state index contributed by atoms with van der Waals surface area (Å²) < 4.78 is 16.2. The molecule has 152 valence electrons. The molecule has 1 aliphatic rings. The lowest BCUT2D eigenvalue weighted by Crippen LogP contribution is -2.42. The van der Waals surface area contributed by atoms with Crippen LogP contribution in [-0.4, -0.2) is 65.4 Å². The van der Waals surface area contributed by atoms with Crippen molar-refractivity contribution in [2.24, 2.45) is 4.99 Å². The smallest absolute Gasteiger partial charge is 0.203 e. The van der Waals surface area contributed by atoms with Crippen molar-refractivity contribution in [1.29, 1.82) is 0 Å². The molecule has 0 bridgehead atoms. The fourth-order valence-corrected chi connectivity index (χ4v) is 3.52. The Balaban J connectivity index is 1.86. The van der Waals surface area contributed by atoms with Crippen LogP contribution in [0, 0.1) is 0 Å². The quantitative estimate of drug-likeness (QED) is 0.507. The van der Waals surface area contributed by atoms with Gasteiger partial charge in [0.2, 0.25) is 5.75 Å². The van der Waals surface area contributed by atoms with E-state index in [-0.39, 0.29) is 0 Å². The van der Waals surface area contributed by atoms with E-state index in [4.69, 9.17) is 14.2 Å². The number of methoxy groups -OCH3 is 3. The largest absolute Gasteiger partial charge is 0.493 e. The molecule has 0 radical (unpaired) electrons. The second-order valence-electron chi connectivity index (χ2n) is 6.81. The molecule has 0 unspecified atom stereocenters. The van der Waals surface area contributed by atoms with Crippen molar-refractivity contribution < 1.29 is 14.2 Å². The van der Waals surface area contributed by atoms with Gasteiger partial charge in [-0.2, -0.15) is 0 Å². The molecular weight excluding hydrogens is 344 g/mol. The van der Waals surface area contributed by atoms with Gasteiger partial charge in [0.15, 0.2) is 17.5 Å². The molecule has 0 saturated heterocycles. The van der Waals surface area contributed by atoms with Crippen LogP contribution in [0.1, 0.15) is 31.2 Å². The van der Waals surface area contributed by atoms with Crippen LogP contribution in [0.2, 0.25) is 0 Å². The Hall–Kier alpha value is -2.15. The molecule has 1 aromatic rings. The van der Waals surface area contributed by atoms with E-state index in [1.54, 1.807) is 28.4 Å². The molecule has 0 spiro atoms. The van der Waals surface area contributed by atoms with E-state index in [2.05, 4.69) is 27.6 Å². The molecule has 1 aromatic carbocycles. The summed E-state index contributed by atoms with van der Waals surface area (Å²) in [6.07, 6.45) is 5.37. The summed E-state index contributed by atoms with van der Waals surface area (Å²) in [5.41, 5.74) is 1.02. The van der Waals surface area contributed by atoms with Gasteiger partial charge in [0, 0.05) is 32.7 Å². The van der Waals surface area contributed by atoms with Crippen molar-refractivity contribution in [3.63, 3.8) is 0 Å². The number of rotatable bonds is 9. The Morgan fingerprint density at radius 2 is 1.70 bits per heavy atom. The molecule has 0 atom stereocenters. The molecular formula is C20H34N4O3.